The van der Waals surface area contributed by atoms with Crippen molar-refractivity contribution in [3.8, 4) is 0 Å². The molecule has 0 aliphatic carbocycles. The summed E-state index contributed by atoms with van der Waals surface area (Å²) in [6.07, 6.45) is 76.4. The largest absolute Gasteiger partial charge is 0.472 e. The van der Waals surface area contributed by atoms with Crippen molar-refractivity contribution in [1.82, 2.24) is 0 Å². The van der Waals surface area contributed by atoms with Crippen LogP contribution >= 0.6 is 7.82 Å². The Labute approximate surface area is 502 Å². The average Bonchev–Trinajstić information content (AvgIpc) is 3.50. The van der Waals surface area contributed by atoms with E-state index >= 15 is 0 Å². The summed E-state index contributed by atoms with van der Waals surface area (Å²) in [7, 11) is -4.77. The van der Waals surface area contributed by atoms with Crippen molar-refractivity contribution in [1.29, 1.82) is 0 Å². The highest BCUT2D eigenvalue weighted by molar-refractivity contribution is 7.47. The van der Waals surface area contributed by atoms with Gasteiger partial charge in [0.2, 0.25) is 0 Å². The van der Waals surface area contributed by atoms with Gasteiger partial charge in [-0.1, -0.05) is 253 Å². The summed E-state index contributed by atoms with van der Waals surface area (Å²) in [5.41, 5.74) is 0. The maximum absolute atomic E-state index is 13.0. The van der Waals surface area contributed by atoms with Crippen molar-refractivity contribution in [2.45, 2.75) is 303 Å². The van der Waals surface area contributed by atoms with Crippen LogP contribution in [0.2, 0.25) is 0 Å². The number of aliphatic hydroxyl groups is 1. The summed E-state index contributed by atoms with van der Waals surface area (Å²) >= 11 is 0. The summed E-state index contributed by atoms with van der Waals surface area (Å²) < 4.78 is 39.7. The van der Waals surface area contributed by atoms with Gasteiger partial charge in [-0.15, -0.1) is 0 Å². The number of ether oxygens (including phenoxy) is 3. The van der Waals surface area contributed by atoms with Crippen LogP contribution in [-0.2, 0) is 42.2 Å². The number of carbonyl (C=O) groups is 3. The first-order valence-corrected chi connectivity index (χ1v) is 34.6. The van der Waals surface area contributed by atoms with Crippen LogP contribution < -0.4 is 0 Å². The van der Waals surface area contributed by atoms with Gasteiger partial charge in [-0.05, 0) is 116 Å². The first kappa shape index (κ1) is 78.4. The van der Waals surface area contributed by atoms with E-state index in [1.54, 1.807) is 0 Å². The number of rotatable bonds is 61. The Morgan fingerprint density at radius 2 is 0.634 bits per heavy atom. The normalized spacial score (nSPS) is 13.9. The Balaban J connectivity index is 4.71. The molecule has 0 aromatic carbocycles. The van der Waals surface area contributed by atoms with Gasteiger partial charge in [0.05, 0.1) is 19.8 Å². The Bertz CT molecular complexity index is 1750. The summed E-state index contributed by atoms with van der Waals surface area (Å²) in [5, 5.41) is 9.87. The zero-order valence-corrected chi connectivity index (χ0v) is 53.3. The smallest absolute Gasteiger partial charge is 0.462 e. The molecule has 0 aromatic heterocycles. The molecular formula is C70H121O11P. The first-order valence-electron chi connectivity index (χ1n) is 33.1. The number of unbranched alkanes of at least 4 members (excludes halogenated alkanes) is 28. The molecule has 0 aliphatic rings. The van der Waals surface area contributed by atoms with E-state index in [1.165, 1.54) is 96.3 Å². The van der Waals surface area contributed by atoms with Gasteiger partial charge in [0, 0.05) is 19.3 Å². The monoisotopic (exact) mass is 1170 g/mol. The highest BCUT2D eigenvalue weighted by Crippen LogP contribution is 2.43. The molecule has 0 amide bonds. The van der Waals surface area contributed by atoms with Crippen molar-refractivity contribution in [2.75, 3.05) is 26.4 Å². The molecule has 3 atom stereocenters. The first-order chi connectivity index (χ1) is 40.2. The molecule has 82 heavy (non-hydrogen) atoms. The van der Waals surface area contributed by atoms with Crippen LogP contribution in [0.5, 0.6) is 0 Å². The van der Waals surface area contributed by atoms with E-state index in [1.807, 2.05) is 0 Å². The fourth-order valence-corrected chi connectivity index (χ4v) is 9.79. The molecule has 0 aliphatic heterocycles. The molecule has 0 spiro atoms. The number of carbonyl (C=O) groups excluding carboxylic acids is 3. The molecule has 3 unspecified atom stereocenters. The molecule has 2 N–H and O–H groups in total. The van der Waals surface area contributed by atoms with E-state index in [9.17, 15) is 28.9 Å². The van der Waals surface area contributed by atoms with Gasteiger partial charge in [0.1, 0.15) is 12.7 Å². The second kappa shape index (κ2) is 63.4. The van der Waals surface area contributed by atoms with Crippen molar-refractivity contribution in [3.05, 3.63) is 97.2 Å². The standard InChI is InChI=1S/C70H121O11P/c1-4-7-10-13-16-19-22-25-28-31-33-36-39-42-45-48-51-54-57-60-69(73)80-66(62-71)64-78-82(75,76)79-65-67(63-77-68(72)59-56-53-50-47-44-41-38-35-30-27-24-21-18-15-12-9-6-3)81-70(74)61-58-55-52-49-46-43-40-37-34-32-29-26-23-20-17-14-11-8-5-2/h8-9,11-12,17-18,20-21,25-30,34,37,66-67,71H,4-7,10,13-16,19,22-24,31-33,35-36,38-65H2,1-3H3,(H,75,76)/b11-8-,12-9-,20-17-,21-18-,28-25-,29-26-,30-27-,37-34-. The number of aliphatic hydroxyl groups excluding tert-OH is 1. The Morgan fingerprint density at radius 1 is 0.354 bits per heavy atom. The summed E-state index contributed by atoms with van der Waals surface area (Å²) in [6.45, 7) is 4.43. The van der Waals surface area contributed by atoms with E-state index in [0.717, 1.165) is 135 Å². The maximum Gasteiger partial charge on any atom is 0.472 e. The minimum Gasteiger partial charge on any atom is -0.462 e. The second-order valence-corrected chi connectivity index (χ2v) is 23.3. The Kier molecular flexibility index (Phi) is 60.6. The van der Waals surface area contributed by atoms with Crippen LogP contribution in [0.25, 0.3) is 0 Å². The minimum absolute atomic E-state index is 0.146. The maximum atomic E-state index is 13.0. The SMILES string of the molecule is CC/C=C\C/C=C\C/C=C\C/C=C\CCCCCCCCC(=O)OC(COC(=O)CCCCCCCCC/C=C\C/C=C\C/C=C\CC)COP(=O)(O)OCC(CO)OC(=O)CCCCCCCCCCC/C=C\CCCCCCCC. The molecular weight excluding hydrogens is 1050 g/mol. The molecule has 0 radical (unpaired) electrons. The lowest BCUT2D eigenvalue weighted by Crippen LogP contribution is -2.30. The van der Waals surface area contributed by atoms with Gasteiger partial charge in [-0.3, -0.25) is 23.4 Å². The lowest BCUT2D eigenvalue weighted by molar-refractivity contribution is -0.161. The number of esters is 3. The molecule has 0 rings (SSSR count). The molecule has 0 bridgehead atoms. The molecule has 0 fully saturated rings. The number of phosphoric acid groups is 1. The Morgan fingerprint density at radius 3 is 0.988 bits per heavy atom. The zero-order chi connectivity index (χ0) is 59.8. The lowest BCUT2D eigenvalue weighted by atomic mass is 10.1. The molecule has 0 heterocycles. The third-order valence-corrected chi connectivity index (χ3v) is 14.9. The third-order valence-electron chi connectivity index (χ3n) is 14.0. The van der Waals surface area contributed by atoms with Gasteiger partial charge < -0.3 is 24.2 Å². The average molecular weight is 1170 g/mol. The van der Waals surface area contributed by atoms with E-state index < -0.39 is 57.8 Å². The molecule has 0 saturated heterocycles. The molecule has 472 valence electrons. The van der Waals surface area contributed by atoms with E-state index in [0.29, 0.717) is 19.3 Å². The third kappa shape index (κ3) is 61.0. The number of allylic oxidation sites excluding steroid dienone is 16. The highest BCUT2D eigenvalue weighted by atomic mass is 31.2. The molecule has 11 nitrogen and oxygen atoms in total. The fraction of sp³-hybridized carbons (Fsp3) is 0.729. The molecule has 0 aromatic rings. The van der Waals surface area contributed by atoms with Gasteiger partial charge in [0.15, 0.2) is 6.10 Å². The van der Waals surface area contributed by atoms with Crippen LogP contribution in [-0.4, -0.2) is 66.5 Å². The van der Waals surface area contributed by atoms with Crippen LogP contribution in [0.1, 0.15) is 290 Å². The predicted molar refractivity (Wildman–Crippen MR) is 344 cm³/mol. The van der Waals surface area contributed by atoms with Crippen molar-refractivity contribution in [2.24, 2.45) is 0 Å². The topological polar surface area (TPSA) is 155 Å². The van der Waals surface area contributed by atoms with Gasteiger partial charge in [0.25, 0.3) is 0 Å². The second-order valence-electron chi connectivity index (χ2n) is 21.9. The van der Waals surface area contributed by atoms with Gasteiger partial charge in [-0.25, -0.2) is 4.57 Å². The van der Waals surface area contributed by atoms with Crippen molar-refractivity contribution in [3.63, 3.8) is 0 Å². The van der Waals surface area contributed by atoms with Crippen molar-refractivity contribution < 1.29 is 52.2 Å². The van der Waals surface area contributed by atoms with E-state index in [4.69, 9.17) is 23.3 Å². The quantitative estimate of drug-likeness (QED) is 0.0197. The molecule has 0 saturated carbocycles. The van der Waals surface area contributed by atoms with Crippen LogP contribution in [0.3, 0.4) is 0 Å². The molecule has 12 heteroatoms. The summed E-state index contributed by atoms with van der Waals surface area (Å²) in [6, 6.07) is 0. The Hall–Kier alpha value is -3.60. The van der Waals surface area contributed by atoms with E-state index in [-0.39, 0.29) is 25.9 Å². The summed E-state index contributed by atoms with van der Waals surface area (Å²) in [4.78, 5) is 48.8. The van der Waals surface area contributed by atoms with Crippen LogP contribution in [0, 0.1) is 0 Å². The van der Waals surface area contributed by atoms with E-state index in [2.05, 4.69) is 118 Å². The highest BCUT2D eigenvalue weighted by Gasteiger charge is 2.28. The van der Waals surface area contributed by atoms with Crippen LogP contribution in [0.15, 0.2) is 97.2 Å². The van der Waals surface area contributed by atoms with Crippen molar-refractivity contribution >= 4 is 25.7 Å². The number of phosphoric ester groups is 1. The van der Waals surface area contributed by atoms with Gasteiger partial charge in [-0.2, -0.15) is 0 Å². The zero-order valence-electron chi connectivity index (χ0n) is 52.4. The fourth-order valence-electron chi connectivity index (χ4n) is 9.01. The predicted octanol–water partition coefficient (Wildman–Crippen LogP) is 20.4. The van der Waals surface area contributed by atoms with Gasteiger partial charge >= 0.3 is 25.7 Å². The lowest BCUT2D eigenvalue weighted by Gasteiger charge is -2.21. The minimum atomic E-state index is -4.77. The number of hydrogen-bond donors (Lipinski definition) is 2. The summed E-state index contributed by atoms with van der Waals surface area (Å²) in [5.74, 6) is -1.49. The number of hydrogen-bond acceptors (Lipinski definition) is 10. The van der Waals surface area contributed by atoms with Crippen LogP contribution in [0.4, 0.5) is 0 Å².